The Bertz CT molecular complexity index is 1870. The number of H-pyrrole nitrogens is 1. The molecule has 9 heteroatoms. The highest BCUT2D eigenvalue weighted by atomic mass is 16.5. The summed E-state index contributed by atoms with van der Waals surface area (Å²) in [5.74, 6) is 2.56. The summed E-state index contributed by atoms with van der Waals surface area (Å²) in [4.78, 5) is 12.5. The van der Waals surface area contributed by atoms with Crippen LogP contribution in [0.4, 0.5) is 11.5 Å². The molecule has 0 atom stereocenters. The van der Waals surface area contributed by atoms with Crippen LogP contribution in [-0.4, -0.2) is 71.6 Å². The highest BCUT2D eigenvalue weighted by Crippen LogP contribution is 2.38. The minimum absolute atomic E-state index is 0.533. The number of hydrogen-bond donors (Lipinski definition) is 2. The van der Waals surface area contributed by atoms with E-state index in [0.29, 0.717) is 29.7 Å². The fraction of sp³-hybridized carbons (Fsp3) is 0.206. The smallest absolute Gasteiger partial charge is 0.162 e. The molecule has 2 aromatic heterocycles. The van der Waals surface area contributed by atoms with E-state index >= 15 is 0 Å². The number of nitrogens with one attached hydrogen (secondary N) is 2. The van der Waals surface area contributed by atoms with Crippen LogP contribution in [-0.2, 0) is 4.74 Å². The lowest BCUT2D eigenvalue weighted by Crippen LogP contribution is -2.38. The number of methoxy groups -OCH3 is 1. The van der Waals surface area contributed by atoms with E-state index in [1.807, 2.05) is 66.9 Å². The van der Waals surface area contributed by atoms with Gasteiger partial charge >= 0.3 is 0 Å². The average molecular weight is 573 g/mol. The predicted octanol–water partition coefficient (Wildman–Crippen LogP) is 6.30. The minimum atomic E-state index is 0.533. The van der Waals surface area contributed by atoms with Gasteiger partial charge in [-0.05, 0) is 35.4 Å². The molecular formula is C34H32N6O3. The summed E-state index contributed by atoms with van der Waals surface area (Å²) in [6.07, 6.45) is 1.81. The molecule has 0 bridgehead atoms. The lowest BCUT2D eigenvalue weighted by molar-refractivity contribution is 0.0321. The molecule has 0 aliphatic carbocycles. The van der Waals surface area contributed by atoms with Crippen molar-refractivity contribution >= 4 is 33.3 Å². The first kappa shape index (κ1) is 26.9. The van der Waals surface area contributed by atoms with Crippen LogP contribution in [0, 0.1) is 0 Å². The molecule has 1 saturated heterocycles. The van der Waals surface area contributed by atoms with Gasteiger partial charge in [-0.2, -0.15) is 5.10 Å². The normalized spacial score (nSPS) is 13.8. The topological polar surface area (TPSA) is 97.4 Å². The van der Waals surface area contributed by atoms with Crippen molar-refractivity contribution in [1.29, 1.82) is 0 Å². The number of benzene rings is 4. The maximum absolute atomic E-state index is 6.28. The maximum atomic E-state index is 6.28. The standard InChI is InChI=1S/C34H32N6O3/c1-41-31-21-30-28(20-32(31)43-18-15-40-13-16-42-17-14-40)34(36-25-11-12-29-24(19-25)22-35-39-29)38-33(37-30)27-10-6-5-9-26(27)23-7-3-2-4-8-23/h2-12,19-22H,13-18H2,1H3,(H,35,39)(H,36,37,38). The second-order valence-corrected chi connectivity index (χ2v) is 10.4. The van der Waals surface area contributed by atoms with E-state index in [2.05, 4.69) is 44.7 Å². The molecule has 3 heterocycles. The zero-order valence-corrected chi connectivity index (χ0v) is 23.9. The van der Waals surface area contributed by atoms with Gasteiger partial charge in [-0.1, -0.05) is 54.6 Å². The van der Waals surface area contributed by atoms with Crippen molar-refractivity contribution < 1.29 is 14.2 Å². The number of nitrogens with zero attached hydrogens (tertiary/aromatic N) is 4. The number of ether oxygens (including phenoxy) is 3. The fourth-order valence-electron chi connectivity index (χ4n) is 5.44. The molecular weight excluding hydrogens is 540 g/mol. The molecule has 216 valence electrons. The van der Waals surface area contributed by atoms with E-state index in [-0.39, 0.29) is 0 Å². The van der Waals surface area contributed by atoms with Crippen LogP contribution >= 0.6 is 0 Å². The van der Waals surface area contributed by atoms with Crippen LogP contribution in [0.1, 0.15) is 0 Å². The molecule has 1 aliphatic heterocycles. The first-order valence-electron chi connectivity index (χ1n) is 14.4. The second-order valence-electron chi connectivity index (χ2n) is 10.4. The van der Waals surface area contributed by atoms with Gasteiger partial charge in [0.15, 0.2) is 17.3 Å². The molecule has 0 amide bonds. The minimum Gasteiger partial charge on any atom is -0.493 e. The van der Waals surface area contributed by atoms with Crippen molar-refractivity contribution in [3.8, 4) is 34.0 Å². The number of hydrogen-bond acceptors (Lipinski definition) is 8. The van der Waals surface area contributed by atoms with Crippen molar-refractivity contribution in [2.45, 2.75) is 0 Å². The van der Waals surface area contributed by atoms with Crippen LogP contribution in [0.15, 0.2) is 91.1 Å². The molecule has 2 N–H and O–H groups in total. The zero-order valence-electron chi connectivity index (χ0n) is 23.9. The van der Waals surface area contributed by atoms with Crippen LogP contribution in [0.3, 0.4) is 0 Å². The molecule has 0 radical (unpaired) electrons. The largest absolute Gasteiger partial charge is 0.493 e. The Labute approximate surface area is 249 Å². The van der Waals surface area contributed by atoms with E-state index in [4.69, 9.17) is 24.2 Å². The van der Waals surface area contributed by atoms with Crippen molar-refractivity contribution in [2.75, 3.05) is 51.9 Å². The average Bonchev–Trinajstić information content (AvgIpc) is 3.53. The zero-order chi connectivity index (χ0) is 29.0. The van der Waals surface area contributed by atoms with Gasteiger partial charge in [-0.15, -0.1) is 0 Å². The van der Waals surface area contributed by atoms with Crippen molar-refractivity contribution in [1.82, 2.24) is 25.1 Å². The molecule has 0 unspecified atom stereocenters. The van der Waals surface area contributed by atoms with Gasteiger partial charge in [-0.25, -0.2) is 9.97 Å². The monoisotopic (exact) mass is 572 g/mol. The van der Waals surface area contributed by atoms with Gasteiger partial charge in [0.25, 0.3) is 0 Å². The van der Waals surface area contributed by atoms with E-state index in [0.717, 1.165) is 77.0 Å². The van der Waals surface area contributed by atoms with Crippen LogP contribution in [0.5, 0.6) is 11.5 Å². The van der Waals surface area contributed by atoms with E-state index in [9.17, 15) is 0 Å². The number of rotatable bonds is 9. The SMILES string of the molecule is COc1cc2nc(-c3ccccc3-c3ccccc3)nc(Nc3ccc4[nH]ncc4c3)c2cc1OCCN1CCOCC1. The van der Waals surface area contributed by atoms with Crippen molar-refractivity contribution in [3.05, 3.63) is 91.1 Å². The summed E-state index contributed by atoms with van der Waals surface area (Å²) in [5, 5.41) is 12.6. The van der Waals surface area contributed by atoms with E-state index in [1.54, 1.807) is 7.11 Å². The summed E-state index contributed by atoms with van der Waals surface area (Å²) in [5.41, 5.74) is 5.70. The number of aromatic amines is 1. The van der Waals surface area contributed by atoms with Gasteiger partial charge in [-0.3, -0.25) is 10.00 Å². The Kier molecular flexibility index (Phi) is 7.56. The van der Waals surface area contributed by atoms with E-state index in [1.165, 1.54) is 0 Å². The van der Waals surface area contributed by atoms with Gasteiger partial charge in [0.05, 0.1) is 37.6 Å². The highest BCUT2D eigenvalue weighted by Gasteiger charge is 2.18. The van der Waals surface area contributed by atoms with Crippen LogP contribution < -0.4 is 14.8 Å². The predicted molar refractivity (Wildman–Crippen MR) is 169 cm³/mol. The fourth-order valence-corrected chi connectivity index (χ4v) is 5.44. The van der Waals surface area contributed by atoms with Crippen molar-refractivity contribution in [2.24, 2.45) is 0 Å². The van der Waals surface area contributed by atoms with Gasteiger partial charge in [0.2, 0.25) is 0 Å². The third kappa shape index (κ3) is 5.73. The quantitative estimate of drug-likeness (QED) is 0.208. The van der Waals surface area contributed by atoms with E-state index < -0.39 is 0 Å². The molecule has 43 heavy (non-hydrogen) atoms. The summed E-state index contributed by atoms with van der Waals surface area (Å²) in [6.45, 7) is 4.68. The number of aromatic nitrogens is 4. The first-order valence-corrected chi connectivity index (χ1v) is 14.4. The van der Waals surface area contributed by atoms with Crippen LogP contribution in [0.25, 0.3) is 44.3 Å². The molecule has 0 spiro atoms. The molecule has 9 nitrogen and oxygen atoms in total. The Morgan fingerprint density at radius 1 is 0.884 bits per heavy atom. The first-order chi connectivity index (χ1) is 21.2. The lowest BCUT2D eigenvalue weighted by Gasteiger charge is -2.26. The van der Waals surface area contributed by atoms with Gasteiger partial charge in [0, 0.05) is 47.7 Å². The molecule has 6 aromatic rings. The summed E-state index contributed by atoms with van der Waals surface area (Å²) in [7, 11) is 1.65. The number of morpholine rings is 1. The summed E-state index contributed by atoms with van der Waals surface area (Å²) < 4.78 is 17.5. The molecule has 7 rings (SSSR count). The van der Waals surface area contributed by atoms with Crippen molar-refractivity contribution in [3.63, 3.8) is 0 Å². The molecule has 1 aliphatic rings. The molecule has 1 fully saturated rings. The summed E-state index contributed by atoms with van der Waals surface area (Å²) >= 11 is 0. The maximum Gasteiger partial charge on any atom is 0.162 e. The Morgan fingerprint density at radius 3 is 2.53 bits per heavy atom. The third-order valence-corrected chi connectivity index (χ3v) is 7.71. The van der Waals surface area contributed by atoms with Crippen LogP contribution in [0.2, 0.25) is 0 Å². The second kappa shape index (κ2) is 12.1. The van der Waals surface area contributed by atoms with Gasteiger partial charge in [0.1, 0.15) is 12.4 Å². The Hall–Kier alpha value is -4.99. The Balaban J connectivity index is 1.31. The number of fused-ring (bicyclic) bond motifs is 2. The lowest BCUT2D eigenvalue weighted by atomic mass is 9.99. The molecule has 0 saturated carbocycles. The summed E-state index contributed by atoms with van der Waals surface area (Å²) in [6, 6.07) is 28.5. The Morgan fingerprint density at radius 2 is 1.70 bits per heavy atom. The van der Waals surface area contributed by atoms with Gasteiger partial charge < -0.3 is 19.5 Å². The third-order valence-electron chi connectivity index (χ3n) is 7.71. The highest BCUT2D eigenvalue weighted by molar-refractivity contribution is 5.96. The molecule has 4 aromatic carbocycles. The number of anilines is 2.